The van der Waals surface area contributed by atoms with E-state index in [-0.39, 0.29) is 5.91 Å². The first-order chi connectivity index (χ1) is 11.7. The number of hydrogen-bond donors (Lipinski definition) is 1. The van der Waals surface area contributed by atoms with Crippen LogP contribution in [0.5, 0.6) is 5.75 Å². The van der Waals surface area contributed by atoms with Crippen LogP contribution in [0.3, 0.4) is 0 Å². The average molecular weight is 342 g/mol. The Morgan fingerprint density at radius 1 is 1.33 bits per heavy atom. The number of benzene rings is 1. The van der Waals surface area contributed by atoms with Gasteiger partial charge in [-0.15, -0.1) is 11.3 Å². The minimum absolute atomic E-state index is 0.138. The molecule has 0 fully saturated rings. The average Bonchev–Trinajstić information content (AvgIpc) is 3.27. The molecular formula is C17H18N4O2S. The van der Waals surface area contributed by atoms with Gasteiger partial charge in [0.15, 0.2) is 6.10 Å². The van der Waals surface area contributed by atoms with Gasteiger partial charge in [0.05, 0.1) is 5.69 Å². The fourth-order valence-corrected chi connectivity index (χ4v) is 2.91. The van der Waals surface area contributed by atoms with Gasteiger partial charge in [-0.1, -0.05) is 18.2 Å². The van der Waals surface area contributed by atoms with Gasteiger partial charge in [-0.2, -0.15) is 5.10 Å². The van der Waals surface area contributed by atoms with Crippen LogP contribution in [0.2, 0.25) is 0 Å². The minimum Gasteiger partial charge on any atom is -0.481 e. The van der Waals surface area contributed by atoms with Crippen molar-refractivity contribution in [1.82, 2.24) is 20.1 Å². The van der Waals surface area contributed by atoms with Crippen LogP contribution in [0, 0.1) is 0 Å². The summed E-state index contributed by atoms with van der Waals surface area (Å²) in [5, 5.41) is 9.82. The lowest BCUT2D eigenvalue weighted by Gasteiger charge is -2.14. The Bertz CT molecular complexity index is 771. The Balaban J connectivity index is 1.45. The molecule has 0 aliphatic heterocycles. The van der Waals surface area contributed by atoms with Crippen LogP contribution in [-0.4, -0.2) is 33.3 Å². The molecule has 0 unspecified atom stereocenters. The zero-order chi connectivity index (χ0) is 16.8. The van der Waals surface area contributed by atoms with Gasteiger partial charge in [-0.3, -0.25) is 4.79 Å². The maximum atomic E-state index is 12.1. The number of carbonyl (C=O) groups excluding carboxylic acids is 1. The molecule has 0 bridgehead atoms. The molecule has 0 aliphatic carbocycles. The maximum absolute atomic E-state index is 12.1. The van der Waals surface area contributed by atoms with E-state index in [1.54, 1.807) is 17.8 Å². The summed E-state index contributed by atoms with van der Waals surface area (Å²) in [4.78, 5) is 16.6. The molecule has 1 amide bonds. The van der Waals surface area contributed by atoms with Crippen molar-refractivity contribution in [3.63, 3.8) is 0 Å². The lowest BCUT2D eigenvalue weighted by Crippen LogP contribution is -2.37. The molecule has 0 saturated carbocycles. The topological polar surface area (TPSA) is 69.0 Å². The monoisotopic (exact) mass is 342 g/mol. The smallest absolute Gasteiger partial charge is 0.260 e. The number of ether oxygens (including phenoxy) is 1. The van der Waals surface area contributed by atoms with Crippen LogP contribution in [0.1, 0.15) is 12.6 Å². The van der Waals surface area contributed by atoms with E-state index in [9.17, 15) is 4.79 Å². The highest BCUT2D eigenvalue weighted by Crippen LogP contribution is 2.14. The van der Waals surface area contributed by atoms with Gasteiger partial charge in [-0.25, -0.2) is 9.67 Å². The number of para-hydroxylation sites is 1. The van der Waals surface area contributed by atoms with Crippen molar-refractivity contribution in [3.05, 3.63) is 59.9 Å². The number of thiazole rings is 1. The minimum atomic E-state index is -0.539. The fraction of sp³-hybridized carbons (Fsp3) is 0.235. The number of aromatic nitrogens is 3. The molecule has 3 rings (SSSR count). The second-order valence-electron chi connectivity index (χ2n) is 5.19. The van der Waals surface area contributed by atoms with Crippen LogP contribution in [0.15, 0.2) is 54.2 Å². The number of rotatable bonds is 7. The Kier molecular flexibility index (Phi) is 5.22. The summed E-state index contributed by atoms with van der Waals surface area (Å²) >= 11 is 1.53. The van der Waals surface area contributed by atoms with E-state index < -0.39 is 6.10 Å². The number of nitrogens with one attached hydrogen (secondary N) is 1. The predicted molar refractivity (Wildman–Crippen MR) is 92.5 cm³/mol. The van der Waals surface area contributed by atoms with E-state index in [4.69, 9.17) is 4.74 Å². The Labute approximate surface area is 144 Å². The van der Waals surface area contributed by atoms with E-state index in [0.717, 1.165) is 10.8 Å². The van der Waals surface area contributed by atoms with E-state index in [1.807, 2.05) is 48.0 Å². The molecular weight excluding hydrogens is 324 g/mol. The molecule has 1 aromatic carbocycles. The van der Waals surface area contributed by atoms with Crippen molar-refractivity contribution in [3.8, 4) is 10.9 Å². The third kappa shape index (κ3) is 4.20. The first kappa shape index (κ1) is 16.2. The van der Waals surface area contributed by atoms with E-state index in [0.29, 0.717) is 18.7 Å². The third-order valence-corrected chi connectivity index (χ3v) is 4.22. The third-order valence-electron chi connectivity index (χ3n) is 3.35. The highest BCUT2D eigenvalue weighted by molar-refractivity contribution is 7.12. The van der Waals surface area contributed by atoms with Gasteiger partial charge in [0, 0.05) is 30.7 Å². The Morgan fingerprint density at radius 3 is 2.92 bits per heavy atom. The summed E-state index contributed by atoms with van der Waals surface area (Å²) in [6.07, 6.45) is 3.70. The summed E-state index contributed by atoms with van der Waals surface area (Å²) in [6.45, 7) is 2.25. The molecule has 24 heavy (non-hydrogen) atoms. The lowest BCUT2D eigenvalue weighted by molar-refractivity contribution is -0.127. The second-order valence-corrected chi connectivity index (χ2v) is 6.02. The summed E-state index contributed by atoms with van der Waals surface area (Å²) in [5.74, 6) is 0.546. The van der Waals surface area contributed by atoms with Crippen molar-refractivity contribution < 1.29 is 9.53 Å². The number of hydrogen-bond acceptors (Lipinski definition) is 5. The standard InChI is InChI=1S/C17H18N4O2S/c1-13(23-15-6-3-2-4-7-15)16(22)18-10-8-14-12-24-17(20-14)21-11-5-9-19-21/h2-7,9,11-13H,8,10H2,1H3,(H,18,22)/t13-/m0/s1. The number of amides is 1. The van der Waals surface area contributed by atoms with Gasteiger partial charge < -0.3 is 10.1 Å². The predicted octanol–water partition coefficient (Wildman–Crippen LogP) is 2.46. The summed E-state index contributed by atoms with van der Waals surface area (Å²) in [5.41, 5.74) is 0.933. The zero-order valence-electron chi connectivity index (χ0n) is 13.3. The lowest BCUT2D eigenvalue weighted by atomic mass is 10.3. The molecule has 124 valence electrons. The highest BCUT2D eigenvalue weighted by Gasteiger charge is 2.14. The zero-order valence-corrected chi connectivity index (χ0v) is 14.1. The maximum Gasteiger partial charge on any atom is 0.260 e. The first-order valence-corrected chi connectivity index (χ1v) is 8.54. The van der Waals surface area contributed by atoms with Crippen molar-refractivity contribution >= 4 is 17.2 Å². The molecule has 0 spiro atoms. The van der Waals surface area contributed by atoms with Crippen molar-refractivity contribution in [2.45, 2.75) is 19.4 Å². The molecule has 1 atom stereocenters. The number of nitrogens with zero attached hydrogens (tertiary/aromatic N) is 3. The molecule has 3 aromatic rings. The van der Waals surface area contributed by atoms with Gasteiger partial charge in [0.25, 0.3) is 5.91 Å². The Hall–Kier alpha value is -2.67. The van der Waals surface area contributed by atoms with Crippen molar-refractivity contribution in [2.75, 3.05) is 6.54 Å². The number of carbonyl (C=O) groups is 1. The molecule has 0 radical (unpaired) electrons. The van der Waals surface area contributed by atoms with Crippen molar-refractivity contribution in [2.24, 2.45) is 0 Å². The van der Waals surface area contributed by atoms with Crippen LogP contribution < -0.4 is 10.1 Å². The summed E-state index contributed by atoms with van der Waals surface area (Å²) in [7, 11) is 0. The van der Waals surface area contributed by atoms with Crippen molar-refractivity contribution in [1.29, 1.82) is 0 Å². The first-order valence-electron chi connectivity index (χ1n) is 7.66. The summed E-state index contributed by atoms with van der Waals surface area (Å²) < 4.78 is 7.32. The van der Waals surface area contributed by atoms with Crippen LogP contribution in [0.25, 0.3) is 5.13 Å². The fourth-order valence-electron chi connectivity index (χ4n) is 2.11. The van der Waals surface area contributed by atoms with Crippen LogP contribution in [0.4, 0.5) is 0 Å². The molecule has 2 aromatic heterocycles. The van der Waals surface area contributed by atoms with Gasteiger partial charge in [-0.05, 0) is 25.1 Å². The normalized spacial score (nSPS) is 11.9. The van der Waals surface area contributed by atoms with Gasteiger partial charge in [0.1, 0.15) is 5.75 Å². The molecule has 1 N–H and O–H groups in total. The quantitative estimate of drug-likeness (QED) is 0.716. The largest absolute Gasteiger partial charge is 0.481 e. The molecule has 2 heterocycles. The van der Waals surface area contributed by atoms with Crippen LogP contribution in [-0.2, 0) is 11.2 Å². The van der Waals surface area contributed by atoms with E-state index >= 15 is 0 Å². The van der Waals surface area contributed by atoms with E-state index in [1.165, 1.54) is 11.3 Å². The van der Waals surface area contributed by atoms with E-state index in [2.05, 4.69) is 15.4 Å². The molecule has 0 saturated heterocycles. The molecule has 0 aliphatic rings. The van der Waals surface area contributed by atoms with Gasteiger partial charge >= 0.3 is 0 Å². The molecule has 7 heteroatoms. The SMILES string of the molecule is C[C@H](Oc1ccccc1)C(=O)NCCc1csc(-n2cccn2)n1. The molecule has 6 nitrogen and oxygen atoms in total. The highest BCUT2D eigenvalue weighted by atomic mass is 32.1. The second kappa shape index (κ2) is 7.74. The van der Waals surface area contributed by atoms with Gasteiger partial charge in [0.2, 0.25) is 5.13 Å². The Morgan fingerprint density at radius 2 is 2.17 bits per heavy atom. The summed E-state index contributed by atoms with van der Waals surface area (Å²) in [6, 6.07) is 11.2. The van der Waals surface area contributed by atoms with Crippen LogP contribution >= 0.6 is 11.3 Å².